The molecule has 0 unspecified atom stereocenters. The van der Waals surface area contributed by atoms with Gasteiger partial charge in [0.05, 0.1) is 6.61 Å². The number of alkyl halides is 3. The zero-order valence-electron chi connectivity index (χ0n) is 6.15. The van der Waals surface area contributed by atoms with Crippen molar-refractivity contribution >= 4 is 0 Å². The van der Waals surface area contributed by atoms with Gasteiger partial charge in [-0.1, -0.05) is 13.8 Å². The van der Waals surface area contributed by atoms with Gasteiger partial charge in [0.1, 0.15) is 0 Å². The van der Waals surface area contributed by atoms with Gasteiger partial charge in [0.15, 0.2) is 0 Å². The molecule has 0 atom stereocenters. The largest absolute Gasteiger partial charge is 0.395 e. The fraction of sp³-hybridized carbons (Fsp3) is 1.00. The van der Waals surface area contributed by atoms with Gasteiger partial charge < -0.3 is 10.8 Å². The van der Waals surface area contributed by atoms with E-state index in [0.29, 0.717) is 6.54 Å². The Morgan fingerprint density at radius 2 is 1.40 bits per heavy atom. The maximum atomic E-state index is 9.67. The van der Waals surface area contributed by atoms with E-state index in [-0.39, 0.29) is 6.61 Å². The van der Waals surface area contributed by atoms with Gasteiger partial charge in [-0.05, 0) is 0 Å². The van der Waals surface area contributed by atoms with E-state index >= 15 is 0 Å². The normalized spacial score (nSPS) is 7.20. The Bertz CT molecular complexity index is 33.3. The molecule has 0 amide bonds. The molecule has 0 radical (unpaired) electrons. The molecule has 2 nitrogen and oxygen atoms in total. The van der Waals surface area contributed by atoms with Crippen LogP contribution in [0, 0.1) is 0 Å². The third-order valence-electron chi connectivity index (χ3n) is 0.129. The molecule has 0 rings (SSSR count). The summed E-state index contributed by atoms with van der Waals surface area (Å²) < 4.78 is 29.0. The standard InChI is InChI=1S/C2H7NO.C2H6.CHF3/c3-1-2-4;1-2;2-1(3)4/h4H,1-3H2;1-2H3;1H. The lowest BCUT2D eigenvalue weighted by Crippen LogP contribution is -2.02. The van der Waals surface area contributed by atoms with Crippen LogP contribution in [0.1, 0.15) is 13.8 Å². The number of aliphatic hydroxyl groups is 1. The maximum absolute atomic E-state index is 9.67. The fourth-order valence-corrected chi connectivity index (χ4v) is 0. The maximum Gasteiger partial charge on any atom is 0.379 e. The van der Waals surface area contributed by atoms with Gasteiger partial charge in [0, 0.05) is 6.54 Å². The molecule has 0 bridgehead atoms. The molecule has 0 spiro atoms. The molecular weight excluding hydrogens is 147 g/mol. The third-order valence-corrected chi connectivity index (χ3v) is 0.129. The predicted molar refractivity (Wildman–Crippen MR) is 34.6 cm³/mol. The smallest absolute Gasteiger partial charge is 0.379 e. The van der Waals surface area contributed by atoms with E-state index in [1.807, 2.05) is 13.8 Å². The second-order valence-electron chi connectivity index (χ2n) is 0.760. The summed E-state index contributed by atoms with van der Waals surface area (Å²) in [6.07, 6.45) is 0. The van der Waals surface area contributed by atoms with Gasteiger partial charge in [0.25, 0.3) is 0 Å². The van der Waals surface area contributed by atoms with Gasteiger partial charge in [-0.3, -0.25) is 0 Å². The number of aliphatic hydroxyl groups excluding tert-OH is 1. The highest BCUT2D eigenvalue weighted by Crippen LogP contribution is 1.87. The van der Waals surface area contributed by atoms with Crippen molar-refractivity contribution in [3.8, 4) is 0 Å². The minimum Gasteiger partial charge on any atom is -0.395 e. The quantitative estimate of drug-likeness (QED) is 0.605. The molecule has 0 aliphatic rings. The molecule has 3 N–H and O–H groups in total. The summed E-state index contributed by atoms with van der Waals surface area (Å²) in [5, 5.41) is 7.75. The molecule has 0 saturated heterocycles. The SMILES string of the molecule is CC.FC(F)F.NCCO. The van der Waals surface area contributed by atoms with Crippen LogP contribution in [0.15, 0.2) is 0 Å². The first-order chi connectivity index (χ1) is 4.65. The van der Waals surface area contributed by atoms with Crippen LogP contribution in [-0.4, -0.2) is 24.9 Å². The van der Waals surface area contributed by atoms with Crippen LogP contribution >= 0.6 is 0 Å². The molecule has 0 aliphatic carbocycles. The van der Waals surface area contributed by atoms with Crippen molar-refractivity contribution in [1.29, 1.82) is 0 Å². The Labute approximate surface area is 58.8 Å². The number of hydrogen-bond acceptors (Lipinski definition) is 2. The Balaban J connectivity index is -0.0000000787. The number of nitrogens with two attached hydrogens (primary N) is 1. The summed E-state index contributed by atoms with van der Waals surface area (Å²) in [7, 11) is 0. The lowest BCUT2D eigenvalue weighted by atomic mass is 10.8. The molecule has 0 aromatic rings. The molecule has 66 valence electrons. The fourth-order valence-electron chi connectivity index (χ4n) is 0. The van der Waals surface area contributed by atoms with Crippen LogP contribution in [0.2, 0.25) is 0 Å². The number of halogens is 3. The van der Waals surface area contributed by atoms with Gasteiger partial charge in [-0.15, -0.1) is 0 Å². The summed E-state index contributed by atoms with van der Waals surface area (Å²) in [5.41, 5.74) is 4.78. The average Bonchev–Trinajstić information content (AvgIpc) is 1.91. The van der Waals surface area contributed by atoms with E-state index in [0.717, 1.165) is 0 Å². The van der Waals surface area contributed by atoms with E-state index in [1.54, 1.807) is 0 Å². The predicted octanol–water partition coefficient (Wildman–Crippen LogP) is 1.14. The highest BCUT2D eigenvalue weighted by molar-refractivity contribution is 4.17. The summed E-state index contributed by atoms with van der Waals surface area (Å²) in [5.74, 6) is 0. The summed E-state index contributed by atoms with van der Waals surface area (Å²) in [6.45, 7) is 0.806. The van der Waals surface area contributed by atoms with Crippen molar-refractivity contribution in [3.63, 3.8) is 0 Å². The highest BCUT2D eigenvalue weighted by atomic mass is 19.4. The molecule has 0 aromatic carbocycles. The highest BCUT2D eigenvalue weighted by Gasteiger charge is 1.86. The lowest BCUT2D eigenvalue weighted by molar-refractivity contribution is 0.00819. The van der Waals surface area contributed by atoms with Gasteiger partial charge in [-0.2, -0.15) is 13.2 Å². The first-order valence-corrected chi connectivity index (χ1v) is 2.88. The molecule has 0 fully saturated rings. The number of hydrogen-bond donors (Lipinski definition) is 2. The van der Waals surface area contributed by atoms with Crippen LogP contribution in [0.4, 0.5) is 13.2 Å². The molecule has 0 aromatic heterocycles. The Kier molecular flexibility index (Phi) is 38.2. The van der Waals surface area contributed by atoms with Crippen molar-refractivity contribution in [3.05, 3.63) is 0 Å². The van der Waals surface area contributed by atoms with Crippen molar-refractivity contribution in [1.82, 2.24) is 0 Å². The Morgan fingerprint density at radius 1 is 1.30 bits per heavy atom. The van der Waals surface area contributed by atoms with Crippen LogP contribution in [-0.2, 0) is 0 Å². The van der Waals surface area contributed by atoms with Crippen LogP contribution in [0.5, 0.6) is 0 Å². The molecule has 0 saturated carbocycles. The van der Waals surface area contributed by atoms with Crippen molar-refractivity contribution < 1.29 is 18.3 Å². The van der Waals surface area contributed by atoms with E-state index < -0.39 is 6.68 Å². The van der Waals surface area contributed by atoms with Crippen molar-refractivity contribution in [2.24, 2.45) is 5.73 Å². The Hall–Kier alpha value is -0.290. The monoisotopic (exact) mass is 161 g/mol. The van der Waals surface area contributed by atoms with Crippen molar-refractivity contribution in [2.45, 2.75) is 20.5 Å². The number of rotatable bonds is 1. The first kappa shape index (κ1) is 16.4. The van der Waals surface area contributed by atoms with Crippen LogP contribution < -0.4 is 5.73 Å². The van der Waals surface area contributed by atoms with Crippen LogP contribution in [0.25, 0.3) is 0 Å². The molecule has 10 heavy (non-hydrogen) atoms. The zero-order chi connectivity index (χ0) is 8.99. The summed E-state index contributed by atoms with van der Waals surface area (Å²) in [6, 6.07) is 0. The minimum absolute atomic E-state index is 0.0972. The summed E-state index contributed by atoms with van der Waals surface area (Å²) >= 11 is 0. The van der Waals surface area contributed by atoms with E-state index in [1.165, 1.54) is 0 Å². The van der Waals surface area contributed by atoms with Gasteiger partial charge >= 0.3 is 6.68 Å². The molecule has 5 heteroatoms. The minimum atomic E-state index is -3.67. The third kappa shape index (κ3) is 689. The first-order valence-electron chi connectivity index (χ1n) is 2.88. The van der Waals surface area contributed by atoms with E-state index in [2.05, 4.69) is 0 Å². The summed E-state index contributed by atoms with van der Waals surface area (Å²) in [4.78, 5) is 0. The van der Waals surface area contributed by atoms with Crippen molar-refractivity contribution in [2.75, 3.05) is 13.2 Å². The average molecular weight is 161 g/mol. The van der Waals surface area contributed by atoms with E-state index in [4.69, 9.17) is 10.8 Å². The molecular formula is C5H14F3NO. The zero-order valence-corrected chi connectivity index (χ0v) is 6.15. The molecule has 0 aliphatic heterocycles. The topological polar surface area (TPSA) is 46.2 Å². The molecule has 0 heterocycles. The second-order valence-corrected chi connectivity index (χ2v) is 0.760. The van der Waals surface area contributed by atoms with E-state index in [9.17, 15) is 13.2 Å². The lowest BCUT2D eigenvalue weighted by Gasteiger charge is -1.71. The second kappa shape index (κ2) is 23.3. The van der Waals surface area contributed by atoms with Crippen LogP contribution in [0.3, 0.4) is 0 Å². The van der Waals surface area contributed by atoms with Gasteiger partial charge in [-0.25, -0.2) is 0 Å². The van der Waals surface area contributed by atoms with Gasteiger partial charge in [0.2, 0.25) is 0 Å². The Morgan fingerprint density at radius 3 is 1.40 bits per heavy atom.